The van der Waals surface area contributed by atoms with Gasteiger partial charge in [0.25, 0.3) is 0 Å². The molecule has 0 saturated heterocycles. The molecule has 0 aliphatic heterocycles. The number of nitriles is 1. The van der Waals surface area contributed by atoms with Crippen LogP contribution in [0.2, 0.25) is 0 Å². The number of anilines is 1. The molecule has 0 heterocycles. The molecule has 2 N–H and O–H groups in total. The van der Waals surface area contributed by atoms with Gasteiger partial charge in [-0.2, -0.15) is 5.26 Å². The van der Waals surface area contributed by atoms with Gasteiger partial charge >= 0.3 is 0 Å². The van der Waals surface area contributed by atoms with Gasteiger partial charge in [0.05, 0.1) is 17.9 Å². The van der Waals surface area contributed by atoms with E-state index in [1.165, 1.54) is 6.08 Å². The first-order valence-electron chi connectivity index (χ1n) is 7.38. The zero-order valence-electron chi connectivity index (χ0n) is 13.6. The van der Waals surface area contributed by atoms with E-state index in [2.05, 4.69) is 16.1 Å². The van der Waals surface area contributed by atoms with Crippen LogP contribution >= 0.6 is 0 Å². The lowest BCUT2D eigenvalue weighted by Gasteiger charge is -2.04. The molecule has 0 spiro atoms. The summed E-state index contributed by atoms with van der Waals surface area (Å²) in [6, 6.07) is 15.7. The smallest absolute Gasteiger partial charge is 0.244 e. The molecule has 1 amide bonds. The normalized spacial score (nSPS) is 11.0. The van der Waals surface area contributed by atoms with Crippen LogP contribution in [0.15, 0.2) is 54.6 Å². The van der Waals surface area contributed by atoms with Crippen LogP contribution in [0.3, 0.4) is 0 Å². The van der Waals surface area contributed by atoms with E-state index in [0.717, 1.165) is 17.4 Å². The van der Waals surface area contributed by atoms with E-state index in [1.54, 1.807) is 48.5 Å². The second-order valence-electron chi connectivity index (χ2n) is 5.36. The zero-order chi connectivity index (χ0) is 18.3. The molecule has 0 saturated carbocycles. The minimum Gasteiger partial charge on any atom is -0.348 e. The van der Waals surface area contributed by atoms with E-state index in [-0.39, 0.29) is 5.91 Å². The van der Waals surface area contributed by atoms with Gasteiger partial charge in [-0.3, -0.25) is 9.52 Å². The fourth-order valence-corrected chi connectivity index (χ4v) is 2.61. The number of nitrogens with one attached hydrogen (secondary N) is 2. The Morgan fingerprint density at radius 2 is 1.92 bits per heavy atom. The third-order valence-electron chi connectivity index (χ3n) is 3.16. The van der Waals surface area contributed by atoms with Crippen molar-refractivity contribution >= 4 is 27.7 Å². The largest absolute Gasteiger partial charge is 0.348 e. The molecule has 0 aromatic heterocycles. The Hall–Kier alpha value is -3.11. The zero-order valence-corrected chi connectivity index (χ0v) is 14.4. The van der Waals surface area contributed by atoms with Crippen LogP contribution in [-0.2, 0) is 21.4 Å². The van der Waals surface area contributed by atoms with Crippen molar-refractivity contribution in [3.05, 3.63) is 71.3 Å². The minimum absolute atomic E-state index is 0.263. The summed E-state index contributed by atoms with van der Waals surface area (Å²) in [6.07, 6.45) is 4.11. The van der Waals surface area contributed by atoms with Crippen molar-refractivity contribution in [2.45, 2.75) is 6.54 Å². The summed E-state index contributed by atoms with van der Waals surface area (Å²) < 4.78 is 24.6. The average molecular weight is 355 g/mol. The molecule has 2 aromatic rings. The maximum atomic E-state index is 11.8. The van der Waals surface area contributed by atoms with Gasteiger partial charge in [0.15, 0.2) is 0 Å². The number of benzene rings is 2. The van der Waals surface area contributed by atoms with Crippen molar-refractivity contribution in [1.82, 2.24) is 5.32 Å². The first-order valence-corrected chi connectivity index (χ1v) is 9.28. The fraction of sp³-hybridized carbons (Fsp3) is 0.111. The van der Waals surface area contributed by atoms with Gasteiger partial charge in [0.1, 0.15) is 0 Å². The molecule has 0 unspecified atom stereocenters. The van der Waals surface area contributed by atoms with Crippen LogP contribution in [0, 0.1) is 11.3 Å². The Bertz CT molecular complexity index is 927. The lowest BCUT2D eigenvalue weighted by atomic mass is 10.1. The van der Waals surface area contributed by atoms with Crippen molar-refractivity contribution in [2.75, 3.05) is 11.0 Å². The second-order valence-corrected chi connectivity index (χ2v) is 7.11. The van der Waals surface area contributed by atoms with Crippen molar-refractivity contribution in [3.8, 4) is 6.07 Å². The van der Waals surface area contributed by atoms with Crippen molar-refractivity contribution in [3.63, 3.8) is 0 Å². The molecule has 0 bridgehead atoms. The predicted molar refractivity (Wildman–Crippen MR) is 96.9 cm³/mol. The van der Waals surface area contributed by atoms with Crippen LogP contribution < -0.4 is 10.0 Å². The molecule has 0 atom stereocenters. The van der Waals surface area contributed by atoms with Gasteiger partial charge in [0.2, 0.25) is 15.9 Å². The number of nitrogens with zero attached hydrogens (tertiary/aromatic N) is 1. The van der Waals surface area contributed by atoms with E-state index in [4.69, 9.17) is 5.26 Å². The molecule has 0 fully saturated rings. The van der Waals surface area contributed by atoms with Gasteiger partial charge in [0, 0.05) is 18.3 Å². The van der Waals surface area contributed by atoms with Gasteiger partial charge in [-0.15, -0.1) is 0 Å². The lowest BCUT2D eigenvalue weighted by Crippen LogP contribution is -2.20. The fourth-order valence-electron chi connectivity index (χ4n) is 2.05. The Labute approximate surface area is 146 Å². The molecule has 0 aliphatic rings. The Kier molecular flexibility index (Phi) is 5.93. The topological polar surface area (TPSA) is 99.1 Å². The van der Waals surface area contributed by atoms with E-state index in [0.29, 0.717) is 17.8 Å². The molecular weight excluding hydrogens is 338 g/mol. The molecule has 128 valence electrons. The van der Waals surface area contributed by atoms with Gasteiger partial charge in [-0.25, -0.2) is 8.42 Å². The van der Waals surface area contributed by atoms with Gasteiger partial charge in [-0.1, -0.05) is 24.3 Å². The van der Waals surface area contributed by atoms with Crippen LogP contribution in [0.25, 0.3) is 6.08 Å². The highest BCUT2D eigenvalue weighted by molar-refractivity contribution is 7.92. The molecular formula is C18H17N3O3S. The minimum atomic E-state index is -3.31. The number of sulfonamides is 1. The summed E-state index contributed by atoms with van der Waals surface area (Å²) in [5.41, 5.74) is 2.62. The number of amides is 1. The first-order chi connectivity index (χ1) is 11.9. The standard InChI is InChI=1S/C18H17N3O3S/c1-25(23,24)21-17-8-5-14(6-9-17)7-10-18(22)20-13-16-4-2-3-15(11-16)12-19/h2-11,21H,13H2,1H3,(H,20,22)/b10-7+. The summed E-state index contributed by atoms with van der Waals surface area (Å²) >= 11 is 0. The van der Waals surface area contributed by atoms with Crippen molar-refractivity contribution in [2.24, 2.45) is 0 Å². The van der Waals surface area contributed by atoms with E-state index >= 15 is 0 Å². The van der Waals surface area contributed by atoms with Crippen molar-refractivity contribution < 1.29 is 13.2 Å². The average Bonchev–Trinajstić information content (AvgIpc) is 2.58. The van der Waals surface area contributed by atoms with Crippen molar-refractivity contribution in [1.29, 1.82) is 5.26 Å². The van der Waals surface area contributed by atoms with E-state index < -0.39 is 10.0 Å². The molecule has 6 nitrogen and oxygen atoms in total. The highest BCUT2D eigenvalue weighted by Gasteiger charge is 2.01. The first kappa shape index (κ1) is 18.2. The Balaban J connectivity index is 1.90. The molecule has 2 aromatic carbocycles. The van der Waals surface area contributed by atoms with Crippen LogP contribution in [0.5, 0.6) is 0 Å². The lowest BCUT2D eigenvalue weighted by molar-refractivity contribution is -0.116. The summed E-state index contributed by atoms with van der Waals surface area (Å²) in [6.45, 7) is 0.329. The number of hydrogen-bond acceptors (Lipinski definition) is 4. The van der Waals surface area contributed by atoms with Crippen LogP contribution in [-0.4, -0.2) is 20.6 Å². The SMILES string of the molecule is CS(=O)(=O)Nc1ccc(/C=C/C(=O)NCc2cccc(C#N)c2)cc1. The predicted octanol–water partition coefficient (Wildman–Crippen LogP) is 2.26. The quantitative estimate of drug-likeness (QED) is 0.776. The Morgan fingerprint density at radius 1 is 1.20 bits per heavy atom. The van der Waals surface area contributed by atoms with Crippen LogP contribution in [0.4, 0.5) is 5.69 Å². The molecule has 0 radical (unpaired) electrons. The number of rotatable bonds is 6. The molecule has 2 rings (SSSR count). The summed E-state index contributed by atoms with van der Waals surface area (Å²) in [5, 5.41) is 11.6. The maximum Gasteiger partial charge on any atom is 0.244 e. The third kappa shape index (κ3) is 6.49. The van der Waals surface area contributed by atoms with Crippen LogP contribution in [0.1, 0.15) is 16.7 Å². The molecule has 7 heteroatoms. The number of hydrogen-bond donors (Lipinski definition) is 2. The van der Waals surface area contributed by atoms with Gasteiger partial charge in [-0.05, 0) is 41.5 Å². The number of carbonyl (C=O) groups is 1. The second kappa shape index (κ2) is 8.13. The molecule has 25 heavy (non-hydrogen) atoms. The third-order valence-corrected chi connectivity index (χ3v) is 3.77. The highest BCUT2D eigenvalue weighted by Crippen LogP contribution is 2.12. The maximum absolute atomic E-state index is 11.8. The summed E-state index contributed by atoms with van der Waals surface area (Å²) in [4.78, 5) is 11.8. The van der Waals surface area contributed by atoms with E-state index in [1.807, 2.05) is 6.07 Å². The molecule has 0 aliphatic carbocycles. The summed E-state index contributed by atoms with van der Waals surface area (Å²) in [7, 11) is -3.31. The highest BCUT2D eigenvalue weighted by atomic mass is 32.2. The van der Waals surface area contributed by atoms with Gasteiger partial charge < -0.3 is 5.32 Å². The summed E-state index contributed by atoms with van der Waals surface area (Å²) in [5.74, 6) is -0.263. The Morgan fingerprint density at radius 3 is 2.56 bits per heavy atom. The van der Waals surface area contributed by atoms with E-state index in [9.17, 15) is 13.2 Å². The monoisotopic (exact) mass is 355 g/mol. The number of carbonyl (C=O) groups excluding carboxylic acids is 1.